The zero-order valence-corrected chi connectivity index (χ0v) is 28.6. The van der Waals surface area contributed by atoms with Gasteiger partial charge in [-0.05, 0) is 90.0 Å². The first-order valence-corrected chi connectivity index (χ1v) is 17.7. The van der Waals surface area contributed by atoms with Gasteiger partial charge in [-0.3, -0.25) is 0 Å². The fourth-order valence-corrected chi connectivity index (χ4v) is 8.27. The van der Waals surface area contributed by atoms with Crippen molar-refractivity contribution < 1.29 is 0 Å². The van der Waals surface area contributed by atoms with E-state index in [9.17, 15) is 0 Å². The van der Waals surface area contributed by atoms with Crippen molar-refractivity contribution in [3.05, 3.63) is 181 Å². The Morgan fingerprint density at radius 1 is 0.353 bits per heavy atom. The zero-order valence-electron chi connectivity index (χ0n) is 28.6. The maximum absolute atomic E-state index is 5.34. The quantitative estimate of drug-likeness (QED) is 0.189. The number of fused-ring (bicyclic) bond motifs is 6. The second kappa shape index (κ2) is 11.3. The summed E-state index contributed by atoms with van der Waals surface area (Å²) >= 11 is 0. The van der Waals surface area contributed by atoms with Crippen molar-refractivity contribution in [2.75, 3.05) is 0 Å². The van der Waals surface area contributed by atoms with E-state index in [0.29, 0.717) is 0 Å². The molecule has 1 aliphatic carbocycles. The van der Waals surface area contributed by atoms with Crippen molar-refractivity contribution in [3.63, 3.8) is 0 Å². The molecule has 0 aliphatic heterocycles. The van der Waals surface area contributed by atoms with Gasteiger partial charge in [-0.25, -0.2) is 9.97 Å². The molecule has 2 nitrogen and oxygen atoms in total. The van der Waals surface area contributed by atoms with Gasteiger partial charge in [-0.15, -0.1) is 0 Å². The van der Waals surface area contributed by atoms with E-state index in [-0.39, 0.29) is 5.41 Å². The van der Waals surface area contributed by atoms with E-state index in [2.05, 4.69) is 184 Å². The molecule has 240 valence electrons. The van der Waals surface area contributed by atoms with Gasteiger partial charge in [0.05, 0.1) is 11.4 Å². The lowest BCUT2D eigenvalue weighted by Crippen LogP contribution is -2.14. The molecule has 2 heteroatoms. The van der Waals surface area contributed by atoms with E-state index >= 15 is 0 Å². The van der Waals surface area contributed by atoms with Crippen molar-refractivity contribution >= 4 is 32.3 Å². The van der Waals surface area contributed by atoms with Crippen molar-refractivity contribution in [3.8, 4) is 56.2 Å². The van der Waals surface area contributed by atoms with Crippen LogP contribution in [0.2, 0.25) is 0 Å². The third kappa shape index (κ3) is 4.71. The van der Waals surface area contributed by atoms with Crippen LogP contribution >= 0.6 is 0 Å². The van der Waals surface area contributed by atoms with Gasteiger partial charge in [0.15, 0.2) is 5.82 Å². The SMILES string of the molecule is CC1(C)c2ccccc2-c2ccc(-c3ccc(-c4nc(-c5ccc6ccccc6c5)cc(-c5cccc6ccccc56)n4)c4ccccc34)cc21. The summed E-state index contributed by atoms with van der Waals surface area (Å²) in [7, 11) is 0. The second-order valence-corrected chi connectivity index (χ2v) is 14.2. The highest BCUT2D eigenvalue weighted by atomic mass is 14.9. The topological polar surface area (TPSA) is 25.8 Å². The zero-order chi connectivity index (χ0) is 34.1. The molecule has 1 aromatic heterocycles. The van der Waals surface area contributed by atoms with Gasteiger partial charge >= 0.3 is 0 Å². The van der Waals surface area contributed by atoms with E-state index in [4.69, 9.17) is 9.97 Å². The maximum atomic E-state index is 5.34. The fraction of sp³-hybridized carbons (Fsp3) is 0.0612. The van der Waals surface area contributed by atoms with E-state index in [1.54, 1.807) is 0 Å². The third-order valence-electron chi connectivity index (χ3n) is 10.9. The number of hydrogen-bond donors (Lipinski definition) is 0. The summed E-state index contributed by atoms with van der Waals surface area (Å²) in [6.07, 6.45) is 0. The van der Waals surface area contributed by atoms with Gasteiger partial charge in [0.25, 0.3) is 0 Å². The number of benzene rings is 8. The molecule has 0 saturated heterocycles. The summed E-state index contributed by atoms with van der Waals surface area (Å²) in [5.41, 5.74) is 12.8. The second-order valence-electron chi connectivity index (χ2n) is 14.2. The summed E-state index contributed by atoms with van der Waals surface area (Å²) < 4.78 is 0. The molecule has 51 heavy (non-hydrogen) atoms. The lowest BCUT2D eigenvalue weighted by Gasteiger charge is -2.22. The first kappa shape index (κ1) is 29.5. The summed E-state index contributed by atoms with van der Waals surface area (Å²) in [5, 5.41) is 7.10. The average molecular weight is 651 g/mol. The minimum absolute atomic E-state index is 0.0628. The molecule has 0 unspecified atom stereocenters. The number of aromatic nitrogens is 2. The Kier molecular flexibility index (Phi) is 6.56. The Morgan fingerprint density at radius 2 is 0.941 bits per heavy atom. The third-order valence-corrected chi connectivity index (χ3v) is 10.9. The van der Waals surface area contributed by atoms with Crippen LogP contribution in [-0.4, -0.2) is 9.97 Å². The molecule has 0 spiro atoms. The fourth-order valence-electron chi connectivity index (χ4n) is 8.27. The minimum Gasteiger partial charge on any atom is -0.228 e. The first-order chi connectivity index (χ1) is 25.0. The van der Waals surface area contributed by atoms with Crippen molar-refractivity contribution in [2.45, 2.75) is 19.3 Å². The van der Waals surface area contributed by atoms with E-state index < -0.39 is 0 Å². The van der Waals surface area contributed by atoms with Crippen LogP contribution in [-0.2, 0) is 5.41 Å². The van der Waals surface area contributed by atoms with E-state index in [1.165, 1.54) is 60.3 Å². The van der Waals surface area contributed by atoms with Gasteiger partial charge in [0.1, 0.15) is 0 Å². The number of hydrogen-bond acceptors (Lipinski definition) is 2. The molecule has 0 radical (unpaired) electrons. The summed E-state index contributed by atoms with van der Waals surface area (Å²) in [6.45, 7) is 4.69. The average Bonchev–Trinajstić information content (AvgIpc) is 3.42. The van der Waals surface area contributed by atoms with Crippen molar-refractivity contribution in [1.82, 2.24) is 9.97 Å². The predicted octanol–water partition coefficient (Wildman–Crippen LogP) is 12.9. The summed E-state index contributed by atoms with van der Waals surface area (Å²) in [4.78, 5) is 10.7. The van der Waals surface area contributed by atoms with Crippen LogP contribution in [0, 0.1) is 0 Å². The summed E-state index contributed by atoms with van der Waals surface area (Å²) in [6, 6.07) is 61.3. The van der Waals surface area contributed by atoms with E-state index in [0.717, 1.165) is 39.3 Å². The normalized spacial score (nSPS) is 13.1. The molecule has 0 amide bonds. The molecule has 8 aromatic carbocycles. The highest BCUT2D eigenvalue weighted by Crippen LogP contribution is 2.50. The molecule has 0 bridgehead atoms. The monoisotopic (exact) mass is 650 g/mol. The molecule has 0 saturated carbocycles. The molecule has 0 atom stereocenters. The Balaban J connectivity index is 1.17. The molecule has 9 aromatic rings. The molecule has 0 fully saturated rings. The van der Waals surface area contributed by atoms with Gasteiger partial charge in [0, 0.05) is 22.1 Å². The van der Waals surface area contributed by atoms with Crippen LogP contribution in [0.4, 0.5) is 0 Å². The molecule has 1 aliphatic rings. The summed E-state index contributed by atoms with van der Waals surface area (Å²) in [5.74, 6) is 0.719. The van der Waals surface area contributed by atoms with Crippen molar-refractivity contribution in [1.29, 1.82) is 0 Å². The molecular formula is C49H34N2. The van der Waals surface area contributed by atoms with Gasteiger partial charge in [-0.1, -0.05) is 159 Å². The Labute approximate surface area is 297 Å². The standard InChI is InChI=1S/C49H34N2/c1-49(2)44-21-10-9-19-40(44)41-25-24-34(29-45(41)49)37-26-27-43(39-18-8-7-17-38(37)39)48-50-46(35-23-22-31-12-3-4-14-33(31)28-35)30-47(51-48)42-20-11-15-32-13-5-6-16-36(32)42/h3-30H,1-2H3. The molecule has 1 heterocycles. The predicted molar refractivity (Wildman–Crippen MR) is 214 cm³/mol. The van der Waals surface area contributed by atoms with Gasteiger partial charge < -0.3 is 0 Å². The van der Waals surface area contributed by atoms with Gasteiger partial charge in [0.2, 0.25) is 0 Å². The van der Waals surface area contributed by atoms with Crippen molar-refractivity contribution in [2.24, 2.45) is 0 Å². The smallest absolute Gasteiger partial charge is 0.161 e. The lowest BCUT2D eigenvalue weighted by molar-refractivity contribution is 0.660. The van der Waals surface area contributed by atoms with Crippen LogP contribution in [0.1, 0.15) is 25.0 Å². The highest BCUT2D eigenvalue weighted by Gasteiger charge is 2.35. The Morgan fingerprint density at radius 3 is 1.80 bits per heavy atom. The number of nitrogens with zero attached hydrogens (tertiary/aromatic N) is 2. The molecule has 0 N–H and O–H groups in total. The maximum Gasteiger partial charge on any atom is 0.161 e. The van der Waals surface area contributed by atoms with Crippen LogP contribution < -0.4 is 0 Å². The lowest BCUT2D eigenvalue weighted by atomic mass is 9.81. The van der Waals surface area contributed by atoms with Crippen LogP contribution in [0.3, 0.4) is 0 Å². The van der Waals surface area contributed by atoms with Crippen LogP contribution in [0.5, 0.6) is 0 Å². The Bertz CT molecular complexity index is 2840. The number of rotatable bonds is 4. The largest absolute Gasteiger partial charge is 0.228 e. The van der Waals surface area contributed by atoms with Gasteiger partial charge in [-0.2, -0.15) is 0 Å². The van der Waals surface area contributed by atoms with E-state index in [1.807, 2.05) is 0 Å². The van der Waals surface area contributed by atoms with Crippen LogP contribution in [0.15, 0.2) is 170 Å². The molecular weight excluding hydrogens is 617 g/mol. The minimum atomic E-state index is -0.0628. The molecule has 10 rings (SSSR count). The Hall–Kier alpha value is -6.38. The highest BCUT2D eigenvalue weighted by molar-refractivity contribution is 6.05. The first-order valence-electron chi connectivity index (χ1n) is 17.7. The van der Waals surface area contributed by atoms with Crippen LogP contribution in [0.25, 0.3) is 88.5 Å².